The first-order valence-corrected chi connectivity index (χ1v) is 11.7. The molecule has 5 rings (SSSR count). The summed E-state index contributed by atoms with van der Waals surface area (Å²) in [7, 11) is 0. The molecule has 0 atom stereocenters. The molecular formula is C24H27N5S. The van der Waals surface area contributed by atoms with Crippen LogP contribution in [-0.4, -0.2) is 42.6 Å². The number of para-hydroxylation sites is 1. The van der Waals surface area contributed by atoms with Gasteiger partial charge in [-0.15, -0.1) is 11.3 Å². The summed E-state index contributed by atoms with van der Waals surface area (Å²) in [5.41, 5.74) is 5.54. The fraction of sp³-hybridized carbons (Fsp3) is 0.417. The van der Waals surface area contributed by atoms with Gasteiger partial charge >= 0.3 is 0 Å². The van der Waals surface area contributed by atoms with Crippen LogP contribution >= 0.6 is 11.3 Å². The van der Waals surface area contributed by atoms with Crippen molar-refractivity contribution in [1.29, 1.82) is 5.26 Å². The fourth-order valence-electron chi connectivity index (χ4n) is 4.36. The second kappa shape index (κ2) is 8.25. The Kier molecular flexibility index (Phi) is 5.32. The van der Waals surface area contributed by atoms with Crippen LogP contribution in [0.4, 0.5) is 11.4 Å². The van der Waals surface area contributed by atoms with Crippen molar-refractivity contribution in [2.24, 2.45) is 0 Å². The Balaban J connectivity index is 1.30. The van der Waals surface area contributed by atoms with E-state index < -0.39 is 0 Å². The zero-order chi connectivity index (χ0) is 20.5. The van der Waals surface area contributed by atoms with E-state index in [0.29, 0.717) is 5.92 Å². The molecule has 2 fully saturated rings. The quantitative estimate of drug-likeness (QED) is 0.624. The smallest absolute Gasteiger partial charge is 0.108 e. The van der Waals surface area contributed by atoms with E-state index >= 15 is 0 Å². The molecule has 0 radical (unpaired) electrons. The van der Waals surface area contributed by atoms with Crippen molar-refractivity contribution in [3.8, 4) is 6.07 Å². The van der Waals surface area contributed by atoms with E-state index in [0.717, 1.165) is 61.7 Å². The van der Waals surface area contributed by atoms with Crippen LogP contribution in [0.5, 0.6) is 0 Å². The molecule has 2 heterocycles. The Hall–Kier alpha value is -2.62. The van der Waals surface area contributed by atoms with Gasteiger partial charge in [0, 0.05) is 38.4 Å². The van der Waals surface area contributed by atoms with E-state index in [4.69, 9.17) is 4.98 Å². The number of nitrogens with one attached hydrogen (secondary N) is 1. The molecule has 30 heavy (non-hydrogen) atoms. The predicted molar refractivity (Wildman–Crippen MR) is 124 cm³/mol. The van der Waals surface area contributed by atoms with Crippen LogP contribution < -0.4 is 10.2 Å². The molecule has 3 aromatic rings. The van der Waals surface area contributed by atoms with Gasteiger partial charge in [-0.1, -0.05) is 12.1 Å². The number of thiazole rings is 1. The van der Waals surface area contributed by atoms with E-state index in [1.54, 1.807) is 11.3 Å². The lowest BCUT2D eigenvalue weighted by molar-refractivity contribution is 0.249. The average molecular weight is 418 g/mol. The Morgan fingerprint density at radius 2 is 1.97 bits per heavy atom. The first-order chi connectivity index (χ1) is 14.7. The first-order valence-electron chi connectivity index (χ1n) is 10.9. The largest absolute Gasteiger partial charge is 0.385 e. The Labute approximate surface area is 181 Å². The van der Waals surface area contributed by atoms with Gasteiger partial charge in [0.2, 0.25) is 0 Å². The lowest BCUT2D eigenvalue weighted by Crippen LogP contribution is -2.46. The molecule has 1 aliphatic heterocycles. The van der Waals surface area contributed by atoms with Gasteiger partial charge in [-0.2, -0.15) is 5.26 Å². The van der Waals surface area contributed by atoms with Gasteiger partial charge in [0.15, 0.2) is 0 Å². The van der Waals surface area contributed by atoms with Crippen molar-refractivity contribution < 1.29 is 0 Å². The van der Waals surface area contributed by atoms with Crippen LogP contribution in [0.3, 0.4) is 0 Å². The summed E-state index contributed by atoms with van der Waals surface area (Å²) in [6.45, 7) is 7.79. The van der Waals surface area contributed by atoms with Crippen LogP contribution in [0.25, 0.3) is 10.2 Å². The zero-order valence-electron chi connectivity index (χ0n) is 17.4. The van der Waals surface area contributed by atoms with Gasteiger partial charge in [0.1, 0.15) is 11.1 Å². The van der Waals surface area contributed by atoms with Crippen molar-refractivity contribution in [1.82, 2.24) is 9.88 Å². The molecular weight excluding hydrogens is 390 g/mol. The molecule has 6 heteroatoms. The summed E-state index contributed by atoms with van der Waals surface area (Å²) in [5.74, 6) is 0.658. The van der Waals surface area contributed by atoms with E-state index in [2.05, 4.69) is 64.5 Å². The highest BCUT2D eigenvalue weighted by Crippen LogP contribution is 2.45. The third-order valence-electron chi connectivity index (χ3n) is 6.08. The molecule has 1 N–H and O–H groups in total. The molecule has 0 amide bonds. The van der Waals surface area contributed by atoms with Crippen LogP contribution in [0.15, 0.2) is 36.4 Å². The number of hydrogen-bond acceptors (Lipinski definition) is 6. The molecule has 5 nitrogen and oxygen atoms in total. The molecule has 2 aliphatic rings. The second-order valence-electron chi connectivity index (χ2n) is 8.21. The molecule has 0 spiro atoms. The third kappa shape index (κ3) is 3.88. The van der Waals surface area contributed by atoms with Crippen LogP contribution in [0.2, 0.25) is 0 Å². The third-order valence-corrected chi connectivity index (χ3v) is 7.10. The maximum absolute atomic E-state index is 9.78. The van der Waals surface area contributed by atoms with E-state index in [9.17, 15) is 5.26 Å². The maximum atomic E-state index is 9.78. The number of rotatable bonds is 6. The van der Waals surface area contributed by atoms with E-state index in [1.165, 1.54) is 28.1 Å². The molecule has 1 aliphatic carbocycles. The molecule has 0 bridgehead atoms. The summed E-state index contributed by atoms with van der Waals surface area (Å²) in [4.78, 5) is 9.67. The molecule has 154 valence electrons. The Morgan fingerprint density at radius 1 is 1.17 bits per heavy atom. The standard InChI is InChI=1S/C24H27N5S/c1-2-26-21-13-18(15-25)22(14-19(21)17-7-8-17)29-11-9-28(10-12-29)16-24-27-20-5-3-4-6-23(20)30-24/h3-6,13-14,17,26H,2,7-12,16H2,1H3. The van der Waals surface area contributed by atoms with Crippen molar-refractivity contribution in [3.63, 3.8) is 0 Å². The SMILES string of the molecule is CCNc1cc(C#N)c(N2CCN(Cc3nc4ccccc4s3)CC2)cc1C1CC1. The van der Waals surface area contributed by atoms with Gasteiger partial charge in [0.05, 0.1) is 28.0 Å². The summed E-state index contributed by atoms with van der Waals surface area (Å²) >= 11 is 1.80. The molecule has 1 saturated heterocycles. The average Bonchev–Trinajstić information content (AvgIpc) is 3.53. The minimum absolute atomic E-state index is 0.658. The molecule has 1 saturated carbocycles. The topological polar surface area (TPSA) is 55.2 Å². The lowest BCUT2D eigenvalue weighted by Gasteiger charge is -2.36. The highest BCUT2D eigenvalue weighted by atomic mass is 32.1. The number of benzene rings is 2. The Morgan fingerprint density at radius 3 is 2.67 bits per heavy atom. The van der Waals surface area contributed by atoms with E-state index in [1.807, 2.05) is 0 Å². The predicted octanol–water partition coefficient (Wildman–Crippen LogP) is 4.80. The van der Waals surface area contributed by atoms with Crippen molar-refractivity contribution in [3.05, 3.63) is 52.5 Å². The first kappa shape index (κ1) is 19.3. The maximum Gasteiger partial charge on any atom is 0.108 e. The fourth-order valence-corrected chi connectivity index (χ4v) is 5.37. The number of hydrogen-bond donors (Lipinski definition) is 1. The summed E-state index contributed by atoms with van der Waals surface area (Å²) in [5, 5.41) is 14.4. The monoisotopic (exact) mass is 417 g/mol. The van der Waals surface area contributed by atoms with Gasteiger partial charge in [-0.05, 0) is 55.5 Å². The summed E-state index contributed by atoms with van der Waals surface area (Å²) in [6.07, 6.45) is 2.53. The number of piperazine rings is 1. The second-order valence-corrected chi connectivity index (χ2v) is 9.33. The lowest BCUT2D eigenvalue weighted by atomic mass is 10.0. The molecule has 2 aromatic carbocycles. The van der Waals surface area contributed by atoms with E-state index in [-0.39, 0.29) is 0 Å². The number of nitrogens with zero attached hydrogens (tertiary/aromatic N) is 4. The normalized spacial score (nSPS) is 17.3. The van der Waals surface area contributed by atoms with Gasteiger partial charge in [-0.25, -0.2) is 4.98 Å². The van der Waals surface area contributed by atoms with Gasteiger partial charge in [-0.3, -0.25) is 4.90 Å². The molecule has 1 aromatic heterocycles. The highest BCUT2D eigenvalue weighted by molar-refractivity contribution is 7.18. The summed E-state index contributed by atoms with van der Waals surface area (Å²) in [6, 6.07) is 15.2. The van der Waals surface area contributed by atoms with Crippen molar-refractivity contribution in [2.75, 3.05) is 42.9 Å². The minimum atomic E-state index is 0.658. The van der Waals surface area contributed by atoms with Crippen molar-refractivity contribution in [2.45, 2.75) is 32.2 Å². The highest BCUT2D eigenvalue weighted by Gasteiger charge is 2.29. The van der Waals surface area contributed by atoms with Gasteiger partial charge in [0.25, 0.3) is 0 Å². The summed E-state index contributed by atoms with van der Waals surface area (Å²) < 4.78 is 1.26. The number of fused-ring (bicyclic) bond motifs is 1. The van der Waals surface area contributed by atoms with Crippen LogP contribution in [-0.2, 0) is 6.54 Å². The van der Waals surface area contributed by atoms with Crippen molar-refractivity contribution >= 4 is 32.9 Å². The van der Waals surface area contributed by atoms with Gasteiger partial charge < -0.3 is 10.2 Å². The van der Waals surface area contributed by atoms with Crippen LogP contribution in [0, 0.1) is 11.3 Å². The molecule has 0 unspecified atom stereocenters. The number of aromatic nitrogens is 1. The number of anilines is 2. The zero-order valence-corrected chi connectivity index (χ0v) is 18.2. The number of nitriles is 1. The van der Waals surface area contributed by atoms with Crippen LogP contribution in [0.1, 0.15) is 41.8 Å². The minimum Gasteiger partial charge on any atom is -0.385 e. The Bertz CT molecular complexity index is 1050.